The molecule has 6 heteroatoms. The zero-order chi connectivity index (χ0) is 21.5. The van der Waals surface area contributed by atoms with Crippen molar-refractivity contribution in [3.8, 4) is 5.75 Å². The highest BCUT2D eigenvalue weighted by molar-refractivity contribution is 5.79. The lowest BCUT2D eigenvalue weighted by molar-refractivity contribution is 0.296. The van der Waals surface area contributed by atoms with Gasteiger partial charge >= 0.3 is 0 Å². The van der Waals surface area contributed by atoms with Gasteiger partial charge in [0, 0.05) is 44.6 Å². The van der Waals surface area contributed by atoms with Crippen LogP contribution < -0.4 is 15.4 Å². The number of aliphatic imine (C=N–C) groups is 1. The maximum Gasteiger partial charge on any atom is 0.191 e. The van der Waals surface area contributed by atoms with Crippen LogP contribution in [-0.4, -0.2) is 29.2 Å². The molecule has 3 aromatic rings. The third-order valence-electron chi connectivity index (χ3n) is 5.47. The maximum atomic E-state index is 6.08. The van der Waals surface area contributed by atoms with Crippen molar-refractivity contribution in [2.24, 2.45) is 10.9 Å². The molecular formula is C25H31N5O. The molecule has 1 aliphatic rings. The van der Waals surface area contributed by atoms with Crippen molar-refractivity contribution >= 4 is 5.96 Å². The summed E-state index contributed by atoms with van der Waals surface area (Å²) >= 11 is 0. The average Bonchev–Trinajstić information content (AvgIpc) is 3.48. The number of nitrogens with zero attached hydrogens (tertiary/aromatic N) is 3. The first-order valence-electron chi connectivity index (χ1n) is 10.9. The monoisotopic (exact) mass is 417 g/mol. The number of hydrogen-bond acceptors (Lipinski definition) is 3. The number of benzene rings is 2. The Morgan fingerprint density at radius 1 is 1.10 bits per heavy atom. The van der Waals surface area contributed by atoms with Crippen LogP contribution in [0.3, 0.4) is 0 Å². The molecule has 1 fully saturated rings. The molecule has 0 atom stereocenters. The molecule has 1 aliphatic carbocycles. The number of aromatic nitrogens is 2. The molecule has 31 heavy (non-hydrogen) atoms. The van der Waals surface area contributed by atoms with Crippen molar-refractivity contribution in [2.45, 2.75) is 39.4 Å². The van der Waals surface area contributed by atoms with E-state index >= 15 is 0 Å². The summed E-state index contributed by atoms with van der Waals surface area (Å²) in [6.07, 6.45) is 8.19. The van der Waals surface area contributed by atoms with Gasteiger partial charge in [-0.15, -0.1) is 0 Å². The Bertz CT molecular complexity index is 991. The van der Waals surface area contributed by atoms with Crippen LogP contribution in [0.25, 0.3) is 0 Å². The number of rotatable bonds is 9. The highest BCUT2D eigenvalue weighted by Crippen LogP contribution is 2.30. The van der Waals surface area contributed by atoms with E-state index in [0.717, 1.165) is 36.3 Å². The van der Waals surface area contributed by atoms with E-state index in [1.165, 1.54) is 29.5 Å². The van der Waals surface area contributed by atoms with Crippen molar-refractivity contribution in [3.63, 3.8) is 0 Å². The van der Waals surface area contributed by atoms with Crippen molar-refractivity contribution < 1.29 is 4.74 Å². The first-order chi connectivity index (χ1) is 15.2. The molecular weight excluding hydrogens is 386 g/mol. The van der Waals surface area contributed by atoms with Crippen LogP contribution in [0.2, 0.25) is 0 Å². The van der Waals surface area contributed by atoms with E-state index in [9.17, 15) is 0 Å². The van der Waals surface area contributed by atoms with Crippen molar-refractivity contribution in [2.75, 3.05) is 13.7 Å². The van der Waals surface area contributed by atoms with Gasteiger partial charge in [-0.05, 0) is 48.4 Å². The molecule has 0 radical (unpaired) electrons. The Balaban J connectivity index is 1.28. The third-order valence-corrected chi connectivity index (χ3v) is 5.47. The number of ether oxygens (including phenoxy) is 1. The zero-order valence-corrected chi connectivity index (χ0v) is 18.3. The average molecular weight is 418 g/mol. The fourth-order valence-corrected chi connectivity index (χ4v) is 3.37. The summed E-state index contributed by atoms with van der Waals surface area (Å²) in [7, 11) is 1.79. The quantitative estimate of drug-likeness (QED) is 0.410. The van der Waals surface area contributed by atoms with Gasteiger partial charge in [-0.1, -0.05) is 36.4 Å². The van der Waals surface area contributed by atoms with Crippen LogP contribution in [-0.2, 0) is 19.6 Å². The molecule has 1 heterocycles. The summed E-state index contributed by atoms with van der Waals surface area (Å²) in [5.41, 5.74) is 4.83. The Morgan fingerprint density at radius 2 is 1.87 bits per heavy atom. The summed E-state index contributed by atoms with van der Waals surface area (Å²) in [6.45, 7) is 5.13. The van der Waals surface area contributed by atoms with E-state index < -0.39 is 0 Å². The second kappa shape index (κ2) is 10.2. The standard InChI is InChI=1S/C25H31N5O/c1-19-3-10-23(24(13-19)31-17-22-8-9-22)15-29-25(26-2)28-14-20-4-6-21(7-5-20)16-30-12-11-27-18-30/h3-7,10-13,18,22H,8-9,14-17H2,1-2H3,(H2,26,28,29). The van der Waals surface area contributed by atoms with Crippen LogP contribution in [0, 0.1) is 12.8 Å². The summed E-state index contributed by atoms with van der Waals surface area (Å²) in [5, 5.41) is 6.80. The number of aryl methyl sites for hydroxylation is 1. The Hall–Kier alpha value is -3.28. The van der Waals surface area contributed by atoms with Gasteiger partial charge in [-0.25, -0.2) is 4.98 Å². The molecule has 0 unspecified atom stereocenters. The van der Waals surface area contributed by atoms with Crippen LogP contribution >= 0.6 is 0 Å². The van der Waals surface area contributed by atoms with Gasteiger partial charge in [0.15, 0.2) is 5.96 Å². The minimum Gasteiger partial charge on any atom is -0.493 e. The summed E-state index contributed by atoms with van der Waals surface area (Å²) < 4.78 is 8.14. The molecule has 2 aromatic carbocycles. The second-order valence-corrected chi connectivity index (χ2v) is 8.20. The molecule has 6 nitrogen and oxygen atoms in total. The van der Waals surface area contributed by atoms with Crippen LogP contribution in [0.15, 0.2) is 66.2 Å². The molecule has 0 amide bonds. The van der Waals surface area contributed by atoms with E-state index in [1.807, 2.05) is 12.5 Å². The van der Waals surface area contributed by atoms with Crippen molar-refractivity contribution in [1.29, 1.82) is 0 Å². The van der Waals surface area contributed by atoms with Crippen LogP contribution in [0.5, 0.6) is 5.75 Å². The van der Waals surface area contributed by atoms with Crippen molar-refractivity contribution in [1.82, 2.24) is 20.2 Å². The van der Waals surface area contributed by atoms with Crippen molar-refractivity contribution in [3.05, 3.63) is 83.4 Å². The van der Waals surface area contributed by atoms with Gasteiger partial charge < -0.3 is 19.9 Å². The van der Waals surface area contributed by atoms with E-state index in [2.05, 4.69) is 74.6 Å². The van der Waals surface area contributed by atoms with Gasteiger partial charge in [0.05, 0.1) is 12.9 Å². The highest BCUT2D eigenvalue weighted by Gasteiger charge is 2.22. The molecule has 0 saturated heterocycles. The molecule has 0 aliphatic heterocycles. The Labute approximate surface area is 184 Å². The minimum absolute atomic E-state index is 0.670. The van der Waals surface area contributed by atoms with Gasteiger partial charge in [0.25, 0.3) is 0 Å². The predicted molar refractivity (Wildman–Crippen MR) is 124 cm³/mol. The highest BCUT2D eigenvalue weighted by atomic mass is 16.5. The Morgan fingerprint density at radius 3 is 2.58 bits per heavy atom. The first-order valence-corrected chi connectivity index (χ1v) is 10.9. The smallest absolute Gasteiger partial charge is 0.191 e. The SMILES string of the molecule is CN=C(NCc1ccc(Cn2ccnc2)cc1)NCc1ccc(C)cc1OCC1CC1. The minimum atomic E-state index is 0.670. The largest absolute Gasteiger partial charge is 0.493 e. The van der Waals surface area contributed by atoms with Gasteiger partial charge in [-0.2, -0.15) is 0 Å². The van der Waals surface area contributed by atoms with Gasteiger partial charge in [0.2, 0.25) is 0 Å². The van der Waals surface area contributed by atoms with E-state index in [-0.39, 0.29) is 0 Å². The summed E-state index contributed by atoms with van der Waals surface area (Å²) in [4.78, 5) is 8.45. The molecule has 0 bridgehead atoms. The fraction of sp³-hybridized carbons (Fsp3) is 0.360. The van der Waals surface area contributed by atoms with Gasteiger partial charge in [0.1, 0.15) is 5.75 Å². The topological polar surface area (TPSA) is 63.5 Å². The molecule has 1 saturated carbocycles. The zero-order valence-electron chi connectivity index (χ0n) is 18.3. The lowest BCUT2D eigenvalue weighted by Crippen LogP contribution is -2.36. The lowest BCUT2D eigenvalue weighted by atomic mass is 10.1. The number of hydrogen-bond donors (Lipinski definition) is 2. The molecule has 1 aromatic heterocycles. The van der Waals surface area contributed by atoms with E-state index in [1.54, 1.807) is 13.2 Å². The molecule has 162 valence electrons. The van der Waals surface area contributed by atoms with E-state index in [4.69, 9.17) is 4.74 Å². The number of imidazole rings is 1. The number of nitrogens with one attached hydrogen (secondary N) is 2. The lowest BCUT2D eigenvalue weighted by Gasteiger charge is -2.15. The predicted octanol–water partition coefficient (Wildman–Crippen LogP) is 3.89. The fourth-order valence-electron chi connectivity index (χ4n) is 3.37. The second-order valence-electron chi connectivity index (χ2n) is 8.20. The molecule has 2 N–H and O–H groups in total. The summed E-state index contributed by atoms with van der Waals surface area (Å²) in [5.74, 6) is 2.49. The molecule has 4 rings (SSSR count). The maximum absolute atomic E-state index is 6.08. The Kier molecular flexibility index (Phi) is 6.87. The normalized spacial score (nSPS) is 13.8. The van der Waals surface area contributed by atoms with E-state index in [0.29, 0.717) is 13.1 Å². The number of guanidine groups is 1. The van der Waals surface area contributed by atoms with Crippen LogP contribution in [0.1, 0.15) is 35.1 Å². The third kappa shape index (κ3) is 6.35. The molecule has 0 spiro atoms. The summed E-state index contributed by atoms with van der Waals surface area (Å²) in [6, 6.07) is 15.0. The van der Waals surface area contributed by atoms with Gasteiger partial charge in [-0.3, -0.25) is 4.99 Å². The first kappa shape index (κ1) is 21.0. The van der Waals surface area contributed by atoms with Crippen LogP contribution in [0.4, 0.5) is 0 Å².